The number of hydrogen-bond acceptors (Lipinski definition) is 4. The van der Waals surface area contributed by atoms with Crippen molar-refractivity contribution in [3.8, 4) is 0 Å². The molecular weight excluding hydrogens is 330 g/mol. The van der Waals surface area contributed by atoms with E-state index < -0.39 is 5.97 Å². The molecule has 24 heavy (non-hydrogen) atoms. The second-order valence-electron chi connectivity index (χ2n) is 5.33. The minimum absolute atomic E-state index is 0.232. The molecule has 0 fully saturated rings. The first-order valence-corrected chi connectivity index (χ1v) is 7.95. The summed E-state index contributed by atoms with van der Waals surface area (Å²) in [5.74, 6) is -0.766. The van der Waals surface area contributed by atoms with Crippen LogP contribution in [0.3, 0.4) is 0 Å². The fourth-order valence-corrected chi connectivity index (χ4v) is 2.80. The summed E-state index contributed by atoms with van der Waals surface area (Å²) >= 11 is 6.17. The Hall–Kier alpha value is -2.11. The van der Waals surface area contributed by atoms with E-state index in [1.165, 1.54) is 7.11 Å². The van der Waals surface area contributed by atoms with Crippen LogP contribution in [0.15, 0.2) is 41.1 Å². The average Bonchev–Trinajstić information content (AvgIpc) is 2.80. The number of amides is 1. The molecule has 6 heteroatoms. The maximum atomic E-state index is 12.8. The number of carbonyl (C=O) groups excluding carboxylic acids is 2. The maximum absolute atomic E-state index is 12.8. The summed E-state index contributed by atoms with van der Waals surface area (Å²) < 4.78 is 9.88. The van der Waals surface area contributed by atoms with Gasteiger partial charge in [0, 0.05) is 31.0 Å². The van der Waals surface area contributed by atoms with Gasteiger partial charge in [-0.1, -0.05) is 29.8 Å². The lowest BCUT2D eigenvalue weighted by Gasteiger charge is -2.17. The van der Waals surface area contributed by atoms with Crippen molar-refractivity contribution in [2.24, 2.45) is 0 Å². The van der Waals surface area contributed by atoms with Gasteiger partial charge in [0.05, 0.1) is 18.3 Å². The summed E-state index contributed by atoms with van der Waals surface area (Å²) in [6, 6.07) is 7.15. The van der Waals surface area contributed by atoms with Crippen LogP contribution in [0, 0.1) is 0 Å². The largest absolute Gasteiger partial charge is 0.465 e. The van der Waals surface area contributed by atoms with Gasteiger partial charge in [0.2, 0.25) is 0 Å². The predicted octanol–water partition coefficient (Wildman–Crippen LogP) is 3.05. The Morgan fingerprint density at radius 2 is 2.00 bits per heavy atom. The molecule has 0 unspecified atom stereocenters. The first-order chi connectivity index (χ1) is 11.5. The molecule has 0 aliphatic carbocycles. The van der Waals surface area contributed by atoms with E-state index in [1.807, 2.05) is 6.07 Å². The quantitative estimate of drug-likeness (QED) is 0.450. The second-order valence-corrected chi connectivity index (χ2v) is 5.74. The van der Waals surface area contributed by atoms with E-state index in [4.69, 9.17) is 21.1 Å². The van der Waals surface area contributed by atoms with Crippen LogP contribution in [0.1, 0.15) is 18.9 Å². The number of halogens is 1. The third-order valence-electron chi connectivity index (χ3n) is 3.84. The van der Waals surface area contributed by atoms with Gasteiger partial charge in [0.25, 0.3) is 5.91 Å². The number of nitrogens with zero attached hydrogens (tertiary/aromatic N) is 1. The normalized spacial score (nSPS) is 16.2. The molecule has 5 nitrogen and oxygen atoms in total. The summed E-state index contributed by atoms with van der Waals surface area (Å²) in [4.78, 5) is 26.5. The zero-order valence-corrected chi connectivity index (χ0v) is 14.7. The van der Waals surface area contributed by atoms with Gasteiger partial charge in [0.1, 0.15) is 0 Å². The van der Waals surface area contributed by atoms with Crippen LogP contribution < -0.4 is 0 Å². The molecule has 0 bridgehead atoms. The zero-order chi connectivity index (χ0) is 17.7. The molecule has 0 atom stereocenters. The van der Waals surface area contributed by atoms with Crippen LogP contribution in [0.25, 0.3) is 6.08 Å². The lowest BCUT2D eigenvalue weighted by Crippen LogP contribution is -2.26. The second kappa shape index (κ2) is 8.13. The van der Waals surface area contributed by atoms with Crippen molar-refractivity contribution in [1.82, 2.24) is 4.90 Å². The van der Waals surface area contributed by atoms with Crippen LogP contribution >= 0.6 is 11.6 Å². The van der Waals surface area contributed by atoms with E-state index in [-0.39, 0.29) is 11.5 Å². The zero-order valence-electron chi connectivity index (χ0n) is 14.0. The van der Waals surface area contributed by atoms with Crippen LogP contribution in [0.4, 0.5) is 0 Å². The number of ether oxygens (including phenoxy) is 2. The molecule has 1 aromatic rings. The summed E-state index contributed by atoms with van der Waals surface area (Å²) in [6.07, 6.45) is 2.31. The number of esters is 1. The molecule has 1 aliphatic rings. The molecule has 1 aromatic carbocycles. The van der Waals surface area contributed by atoms with Crippen molar-refractivity contribution in [3.63, 3.8) is 0 Å². The van der Waals surface area contributed by atoms with Crippen LogP contribution in [-0.4, -0.2) is 44.1 Å². The van der Waals surface area contributed by atoms with Gasteiger partial charge in [0.15, 0.2) is 0 Å². The predicted molar refractivity (Wildman–Crippen MR) is 92.4 cm³/mol. The molecule has 0 saturated carbocycles. The Kier molecular flexibility index (Phi) is 6.17. The summed E-state index contributed by atoms with van der Waals surface area (Å²) in [5, 5.41) is 0.512. The van der Waals surface area contributed by atoms with Gasteiger partial charge in [-0.05, 0) is 31.1 Å². The standard InChI is InChI=1S/C18H20ClNO4/c1-12-16(18(22)24-3)14(11-13-7-4-5-8-15(13)19)17(21)20(12)9-6-10-23-2/h4-5,7-8,11H,6,9-10H2,1-3H3/b14-11-. The molecule has 1 aliphatic heterocycles. The van der Waals surface area contributed by atoms with Crippen molar-refractivity contribution >= 4 is 29.6 Å². The highest BCUT2D eigenvalue weighted by atomic mass is 35.5. The van der Waals surface area contributed by atoms with Gasteiger partial charge in [-0.25, -0.2) is 4.79 Å². The molecule has 2 rings (SSSR count). The van der Waals surface area contributed by atoms with E-state index in [0.29, 0.717) is 41.4 Å². The first-order valence-electron chi connectivity index (χ1n) is 7.57. The Labute approximate surface area is 146 Å². The molecule has 0 spiro atoms. The minimum Gasteiger partial charge on any atom is -0.465 e. The topological polar surface area (TPSA) is 55.8 Å². The Bertz CT molecular complexity index is 709. The highest BCUT2D eigenvalue weighted by Crippen LogP contribution is 2.32. The number of hydrogen-bond donors (Lipinski definition) is 0. The van der Waals surface area contributed by atoms with Crippen LogP contribution in [-0.2, 0) is 19.1 Å². The lowest BCUT2D eigenvalue weighted by atomic mass is 10.0. The summed E-state index contributed by atoms with van der Waals surface area (Å²) in [5.41, 5.74) is 1.83. The number of allylic oxidation sites excluding steroid dienone is 1. The molecule has 1 heterocycles. The summed E-state index contributed by atoms with van der Waals surface area (Å²) in [6.45, 7) is 2.75. The smallest absolute Gasteiger partial charge is 0.340 e. The number of carbonyl (C=O) groups is 2. The third kappa shape index (κ3) is 3.68. The van der Waals surface area contributed by atoms with E-state index in [2.05, 4.69) is 0 Å². The maximum Gasteiger partial charge on any atom is 0.340 e. The van der Waals surface area contributed by atoms with E-state index in [0.717, 1.165) is 0 Å². The molecule has 0 radical (unpaired) electrons. The van der Waals surface area contributed by atoms with Gasteiger partial charge >= 0.3 is 5.97 Å². The highest BCUT2D eigenvalue weighted by molar-refractivity contribution is 6.32. The molecular formula is C18H20ClNO4. The average molecular weight is 350 g/mol. The monoisotopic (exact) mass is 349 g/mol. The molecule has 0 aromatic heterocycles. The Morgan fingerprint density at radius 3 is 2.62 bits per heavy atom. The molecule has 0 N–H and O–H groups in total. The van der Waals surface area contributed by atoms with E-state index >= 15 is 0 Å². The third-order valence-corrected chi connectivity index (χ3v) is 4.18. The van der Waals surface area contributed by atoms with Crippen molar-refractivity contribution in [1.29, 1.82) is 0 Å². The molecule has 0 saturated heterocycles. The van der Waals surface area contributed by atoms with Crippen molar-refractivity contribution < 1.29 is 19.1 Å². The Balaban J connectivity index is 2.44. The van der Waals surface area contributed by atoms with Crippen LogP contribution in [0.5, 0.6) is 0 Å². The van der Waals surface area contributed by atoms with E-state index in [1.54, 1.807) is 43.2 Å². The fourth-order valence-electron chi connectivity index (χ4n) is 2.61. The van der Waals surface area contributed by atoms with Crippen molar-refractivity contribution in [2.75, 3.05) is 27.4 Å². The lowest BCUT2D eigenvalue weighted by molar-refractivity contribution is -0.136. The fraction of sp³-hybridized carbons (Fsp3) is 0.333. The molecule has 1 amide bonds. The number of rotatable bonds is 6. The first kappa shape index (κ1) is 18.2. The summed E-state index contributed by atoms with van der Waals surface area (Å²) in [7, 11) is 2.91. The van der Waals surface area contributed by atoms with Crippen LogP contribution in [0.2, 0.25) is 5.02 Å². The minimum atomic E-state index is -0.534. The van der Waals surface area contributed by atoms with E-state index in [9.17, 15) is 9.59 Å². The number of methoxy groups -OCH3 is 2. The number of benzene rings is 1. The SMILES string of the molecule is COCCCN1C(=O)/C(=C\c2ccccc2Cl)C(C(=O)OC)=C1C. The van der Waals surface area contributed by atoms with Gasteiger partial charge in [-0.15, -0.1) is 0 Å². The highest BCUT2D eigenvalue weighted by Gasteiger charge is 2.36. The Morgan fingerprint density at radius 1 is 1.29 bits per heavy atom. The van der Waals surface area contributed by atoms with Gasteiger partial charge in [-0.2, -0.15) is 0 Å². The van der Waals surface area contributed by atoms with Crippen molar-refractivity contribution in [3.05, 3.63) is 51.7 Å². The van der Waals surface area contributed by atoms with Gasteiger partial charge in [-0.3, -0.25) is 4.79 Å². The van der Waals surface area contributed by atoms with Crippen molar-refractivity contribution in [2.45, 2.75) is 13.3 Å². The molecule has 128 valence electrons. The van der Waals surface area contributed by atoms with Gasteiger partial charge < -0.3 is 14.4 Å².